The fourth-order valence-electron chi connectivity index (χ4n) is 2.23. The van der Waals surface area contributed by atoms with Crippen molar-refractivity contribution < 1.29 is 14.0 Å². The van der Waals surface area contributed by atoms with Crippen molar-refractivity contribution in [1.29, 1.82) is 0 Å². The number of nitrogens with zero attached hydrogens (tertiary/aromatic N) is 3. The van der Waals surface area contributed by atoms with E-state index in [2.05, 4.69) is 10.3 Å². The van der Waals surface area contributed by atoms with E-state index in [-0.39, 0.29) is 11.8 Å². The SMILES string of the molecule is CC(=O)N1CCN(C(=O)CCNc2cccc(F)n2)CC1. The van der Waals surface area contributed by atoms with Crippen molar-refractivity contribution in [2.24, 2.45) is 0 Å². The minimum Gasteiger partial charge on any atom is -0.369 e. The molecule has 0 aliphatic carbocycles. The lowest BCUT2D eigenvalue weighted by molar-refractivity contribution is -0.138. The van der Waals surface area contributed by atoms with Gasteiger partial charge in [-0.05, 0) is 12.1 Å². The second kappa shape index (κ2) is 7.01. The number of anilines is 1. The van der Waals surface area contributed by atoms with E-state index in [9.17, 15) is 14.0 Å². The molecule has 1 aliphatic heterocycles. The van der Waals surface area contributed by atoms with Crippen molar-refractivity contribution >= 4 is 17.6 Å². The third kappa shape index (κ3) is 4.40. The first kappa shape index (κ1) is 15.2. The van der Waals surface area contributed by atoms with Gasteiger partial charge in [-0.25, -0.2) is 4.98 Å². The zero-order valence-electron chi connectivity index (χ0n) is 12.0. The molecule has 1 fully saturated rings. The molecule has 1 aliphatic rings. The first-order valence-corrected chi connectivity index (χ1v) is 6.96. The number of nitrogens with one attached hydrogen (secondary N) is 1. The van der Waals surface area contributed by atoms with Crippen molar-refractivity contribution in [2.75, 3.05) is 38.0 Å². The Bertz CT molecular complexity index is 515. The van der Waals surface area contributed by atoms with E-state index in [1.54, 1.807) is 21.9 Å². The topological polar surface area (TPSA) is 65.5 Å². The van der Waals surface area contributed by atoms with E-state index >= 15 is 0 Å². The fraction of sp³-hybridized carbons (Fsp3) is 0.500. The highest BCUT2D eigenvalue weighted by Gasteiger charge is 2.21. The zero-order chi connectivity index (χ0) is 15.2. The third-order valence-corrected chi connectivity index (χ3v) is 3.44. The number of rotatable bonds is 4. The van der Waals surface area contributed by atoms with Gasteiger partial charge in [0, 0.05) is 46.1 Å². The molecule has 2 heterocycles. The molecule has 0 bridgehead atoms. The lowest BCUT2D eigenvalue weighted by Crippen LogP contribution is -2.50. The molecule has 0 spiro atoms. The number of carbonyl (C=O) groups excluding carboxylic acids is 2. The number of amides is 2. The average molecular weight is 294 g/mol. The number of halogens is 1. The van der Waals surface area contributed by atoms with Crippen LogP contribution in [-0.2, 0) is 9.59 Å². The highest BCUT2D eigenvalue weighted by atomic mass is 19.1. The Morgan fingerprint density at radius 1 is 1.24 bits per heavy atom. The van der Waals surface area contributed by atoms with Gasteiger partial charge in [0.1, 0.15) is 5.82 Å². The molecule has 1 aromatic heterocycles. The van der Waals surface area contributed by atoms with Crippen molar-refractivity contribution in [2.45, 2.75) is 13.3 Å². The van der Waals surface area contributed by atoms with Crippen LogP contribution in [0.25, 0.3) is 0 Å². The smallest absolute Gasteiger partial charge is 0.224 e. The summed E-state index contributed by atoms with van der Waals surface area (Å²) in [7, 11) is 0. The largest absolute Gasteiger partial charge is 0.369 e. The van der Waals surface area contributed by atoms with Gasteiger partial charge in [-0.15, -0.1) is 0 Å². The van der Waals surface area contributed by atoms with Crippen LogP contribution in [-0.4, -0.2) is 59.3 Å². The summed E-state index contributed by atoms with van der Waals surface area (Å²) in [5.41, 5.74) is 0. The monoisotopic (exact) mass is 294 g/mol. The molecule has 0 atom stereocenters. The molecule has 2 amide bonds. The summed E-state index contributed by atoms with van der Waals surface area (Å²) in [6, 6.07) is 4.48. The Kier molecular flexibility index (Phi) is 5.08. The van der Waals surface area contributed by atoms with Crippen LogP contribution in [0.15, 0.2) is 18.2 Å². The van der Waals surface area contributed by atoms with Gasteiger partial charge in [0.15, 0.2) is 0 Å². The molecule has 1 saturated heterocycles. The van der Waals surface area contributed by atoms with Gasteiger partial charge in [0.05, 0.1) is 0 Å². The molecule has 1 aromatic rings. The molecule has 0 radical (unpaired) electrons. The van der Waals surface area contributed by atoms with Crippen LogP contribution >= 0.6 is 0 Å². The van der Waals surface area contributed by atoms with Gasteiger partial charge in [0.2, 0.25) is 17.8 Å². The predicted molar refractivity (Wildman–Crippen MR) is 76.1 cm³/mol. The number of aromatic nitrogens is 1. The normalized spacial score (nSPS) is 15.0. The fourth-order valence-corrected chi connectivity index (χ4v) is 2.23. The van der Waals surface area contributed by atoms with Crippen LogP contribution in [0, 0.1) is 5.95 Å². The Morgan fingerprint density at radius 2 is 1.90 bits per heavy atom. The van der Waals surface area contributed by atoms with Crippen LogP contribution in [0.4, 0.5) is 10.2 Å². The summed E-state index contributed by atoms with van der Waals surface area (Å²) in [6.07, 6.45) is 0.318. The van der Waals surface area contributed by atoms with Crippen LogP contribution in [0.3, 0.4) is 0 Å². The summed E-state index contributed by atoms with van der Waals surface area (Å²) < 4.78 is 12.9. The van der Waals surface area contributed by atoms with Crippen LogP contribution in [0.2, 0.25) is 0 Å². The molecule has 0 aromatic carbocycles. The summed E-state index contributed by atoms with van der Waals surface area (Å²) in [6.45, 7) is 4.24. The number of carbonyl (C=O) groups is 2. The molecule has 7 heteroatoms. The van der Waals surface area contributed by atoms with Crippen LogP contribution in [0.1, 0.15) is 13.3 Å². The molecular formula is C14H19FN4O2. The first-order chi connectivity index (χ1) is 10.1. The summed E-state index contributed by atoms with van der Waals surface area (Å²) in [4.78, 5) is 30.4. The van der Waals surface area contributed by atoms with Crippen molar-refractivity contribution in [3.63, 3.8) is 0 Å². The molecule has 21 heavy (non-hydrogen) atoms. The van der Waals surface area contributed by atoms with E-state index in [0.29, 0.717) is 45.0 Å². The zero-order valence-corrected chi connectivity index (χ0v) is 12.0. The summed E-state index contributed by atoms with van der Waals surface area (Å²) >= 11 is 0. The van der Waals surface area contributed by atoms with E-state index in [1.165, 1.54) is 13.0 Å². The summed E-state index contributed by atoms with van der Waals surface area (Å²) in [5, 5.41) is 2.92. The van der Waals surface area contributed by atoms with Gasteiger partial charge in [-0.1, -0.05) is 6.07 Å². The highest BCUT2D eigenvalue weighted by Crippen LogP contribution is 2.06. The molecule has 0 saturated carbocycles. The van der Waals surface area contributed by atoms with Crippen LogP contribution in [0.5, 0.6) is 0 Å². The Morgan fingerprint density at radius 3 is 2.52 bits per heavy atom. The Labute approximate surface area is 122 Å². The predicted octanol–water partition coefficient (Wildman–Crippen LogP) is 0.713. The Hall–Kier alpha value is -2.18. The van der Waals surface area contributed by atoms with E-state index in [0.717, 1.165) is 0 Å². The standard InChI is InChI=1S/C14H19FN4O2/c1-11(20)18-7-9-19(10-8-18)14(21)5-6-16-13-4-2-3-12(15)17-13/h2-4H,5-10H2,1H3,(H,16,17). The first-order valence-electron chi connectivity index (χ1n) is 6.96. The van der Waals surface area contributed by atoms with Gasteiger partial charge in [-0.3, -0.25) is 9.59 Å². The number of piperazine rings is 1. The second-order valence-electron chi connectivity index (χ2n) is 4.91. The summed E-state index contributed by atoms with van der Waals surface area (Å²) in [5.74, 6) is -0.0565. The number of hydrogen-bond acceptors (Lipinski definition) is 4. The molecule has 1 N–H and O–H groups in total. The van der Waals surface area contributed by atoms with Crippen molar-refractivity contribution in [3.8, 4) is 0 Å². The van der Waals surface area contributed by atoms with Gasteiger partial charge in [-0.2, -0.15) is 4.39 Å². The van der Waals surface area contributed by atoms with Crippen LogP contribution < -0.4 is 5.32 Å². The van der Waals surface area contributed by atoms with Gasteiger partial charge < -0.3 is 15.1 Å². The van der Waals surface area contributed by atoms with E-state index < -0.39 is 5.95 Å². The lowest BCUT2D eigenvalue weighted by atomic mass is 10.2. The lowest BCUT2D eigenvalue weighted by Gasteiger charge is -2.34. The van der Waals surface area contributed by atoms with E-state index in [4.69, 9.17) is 0 Å². The number of pyridine rings is 1. The second-order valence-corrected chi connectivity index (χ2v) is 4.91. The molecule has 114 valence electrons. The minimum absolute atomic E-state index is 0.0297. The molecule has 6 nitrogen and oxygen atoms in total. The van der Waals surface area contributed by atoms with Crippen molar-refractivity contribution in [3.05, 3.63) is 24.1 Å². The number of hydrogen-bond donors (Lipinski definition) is 1. The van der Waals surface area contributed by atoms with E-state index in [1.807, 2.05) is 0 Å². The average Bonchev–Trinajstić information content (AvgIpc) is 2.47. The molecule has 0 unspecified atom stereocenters. The molecular weight excluding hydrogens is 275 g/mol. The maximum absolute atomic E-state index is 12.9. The maximum Gasteiger partial charge on any atom is 0.224 e. The quantitative estimate of drug-likeness (QED) is 0.831. The van der Waals surface area contributed by atoms with Crippen molar-refractivity contribution in [1.82, 2.24) is 14.8 Å². The Balaban J connectivity index is 1.72. The third-order valence-electron chi connectivity index (χ3n) is 3.44. The molecule has 2 rings (SSSR count). The minimum atomic E-state index is -0.549. The maximum atomic E-state index is 12.9. The highest BCUT2D eigenvalue weighted by molar-refractivity contribution is 5.77. The van der Waals surface area contributed by atoms with Gasteiger partial charge in [0.25, 0.3) is 0 Å². The van der Waals surface area contributed by atoms with Gasteiger partial charge >= 0.3 is 0 Å².